The fourth-order valence-electron chi connectivity index (χ4n) is 3.44. The van der Waals surface area contributed by atoms with E-state index in [1.165, 1.54) is 0 Å². The Hall–Kier alpha value is -2.24. The van der Waals surface area contributed by atoms with Crippen molar-refractivity contribution in [2.24, 2.45) is 0 Å². The molecule has 0 atom stereocenters. The lowest BCUT2D eigenvalue weighted by Gasteiger charge is -2.21. The second-order valence-corrected chi connectivity index (χ2v) is 7.37. The zero-order valence-corrected chi connectivity index (χ0v) is 17.4. The molecule has 2 aromatic carbocycles. The molecule has 0 bridgehead atoms. The zero-order chi connectivity index (χ0) is 20.1. The quantitative estimate of drug-likeness (QED) is 0.749. The molecule has 0 fully saturated rings. The van der Waals surface area contributed by atoms with Crippen molar-refractivity contribution in [3.8, 4) is 11.5 Å². The van der Waals surface area contributed by atoms with E-state index in [9.17, 15) is 4.79 Å². The highest BCUT2D eigenvalue weighted by atomic mass is 35.5. The van der Waals surface area contributed by atoms with E-state index in [-0.39, 0.29) is 12.5 Å². The summed E-state index contributed by atoms with van der Waals surface area (Å²) in [4.78, 5) is 14.6. The van der Waals surface area contributed by atoms with Crippen molar-refractivity contribution < 1.29 is 14.3 Å². The number of hydrogen-bond acceptors (Lipinski definition) is 4. The molecule has 1 aliphatic rings. The lowest BCUT2D eigenvalue weighted by atomic mass is 10.0. The first-order valence-corrected chi connectivity index (χ1v) is 10.1. The number of carbonyl (C=O) groups is 1. The normalized spacial score (nSPS) is 12.9. The second-order valence-electron chi connectivity index (χ2n) is 6.97. The van der Waals surface area contributed by atoms with Gasteiger partial charge in [0.15, 0.2) is 11.5 Å². The van der Waals surface area contributed by atoms with Gasteiger partial charge in [-0.15, -0.1) is 0 Å². The molecule has 1 N–H and O–H groups in total. The van der Waals surface area contributed by atoms with Crippen LogP contribution in [0.25, 0.3) is 0 Å². The van der Waals surface area contributed by atoms with E-state index in [4.69, 9.17) is 21.1 Å². The summed E-state index contributed by atoms with van der Waals surface area (Å²) in [5.74, 6) is 1.49. The zero-order valence-electron chi connectivity index (χ0n) is 16.7. The summed E-state index contributed by atoms with van der Waals surface area (Å²) < 4.78 is 11.2. The third kappa shape index (κ3) is 4.78. The number of hydrogen-bond donors (Lipinski definition) is 1. The Morgan fingerprint density at radius 1 is 1.11 bits per heavy atom. The number of aryl methyl sites for hydroxylation is 1. The first-order valence-electron chi connectivity index (χ1n) is 9.69. The Bertz CT molecular complexity index is 854. The van der Waals surface area contributed by atoms with E-state index in [2.05, 4.69) is 12.2 Å². The molecule has 5 nitrogen and oxygen atoms in total. The fourth-order valence-corrected chi connectivity index (χ4v) is 3.74. The van der Waals surface area contributed by atoms with Gasteiger partial charge in [0.05, 0.1) is 6.54 Å². The molecule has 0 radical (unpaired) electrons. The molecule has 1 amide bonds. The van der Waals surface area contributed by atoms with Gasteiger partial charge in [-0.2, -0.15) is 0 Å². The molecule has 6 heteroatoms. The Kier molecular flexibility index (Phi) is 6.81. The van der Waals surface area contributed by atoms with E-state index in [0.29, 0.717) is 24.8 Å². The predicted molar refractivity (Wildman–Crippen MR) is 113 cm³/mol. The maximum Gasteiger partial charge on any atom is 0.238 e. The Balaban J connectivity index is 1.64. The van der Waals surface area contributed by atoms with Gasteiger partial charge in [-0.25, -0.2) is 0 Å². The molecule has 3 rings (SSSR count). The van der Waals surface area contributed by atoms with E-state index in [1.807, 2.05) is 49.2 Å². The number of fused-ring (bicyclic) bond motifs is 1. The molecule has 0 spiro atoms. The summed E-state index contributed by atoms with van der Waals surface area (Å²) in [6.45, 7) is 6.19. The van der Waals surface area contributed by atoms with E-state index >= 15 is 0 Å². The van der Waals surface area contributed by atoms with Crippen molar-refractivity contribution in [1.82, 2.24) is 4.90 Å². The number of rotatable bonds is 7. The Morgan fingerprint density at radius 2 is 1.86 bits per heavy atom. The largest absolute Gasteiger partial charge is 0.486 e. The molecule has 28 heavy (non-hydrogen) atoms. The number of anilines is 1. The number of likely N-dealkylation sites (N-methyl/N-ethyl adjacent to an activating group) is 1. The average molecular weight is 403 g/mol. The molecular weight excluding hydrogens is 376 g/mol. The summed E-state index contributed by atoms with van der Waals surface area (Å²) in [5.41, 5.74) is 4.02. The van der Waals surface area contributed by atoms with Crippen LogP contribution in [0.15, 0.2) is 30.3 Å². The van der Waals surface area contributed by atoms with Crippen LogP contribution >= 0.6 is 11.6 Å². The Morgan fingerprint density at radius 3 is 2.57 bits per heavy atom. The summed E-state index contributed by atoms with van der Waals surface area (Å²) in [7, 11) is 1.93. The number of amides is 1. The van der Waals surface area contributed by atoms with Gasteiger partial charge < -0.3 is 14.8 Å². The molecule has 0 saturated carbocycles. The number of nitrogens with zero attached hydrogens (tertiary/aromatic N) is 1. The second kappa shape index (κ2) is 9.30. The van der Waals surface area contributed by atoms with Gasteiger partial charge in [-0.3, -0.25) is 9.69 Å². The lowest BCUT2D eigenvalue weighted by molar-refractivity contribution is -0.117. The van der Waals surface area contributed by atoms with Crippen LogP contribution in [-0.4, -0.2) is 37.6 Å². The highest BCUT2D eigenvalue weighted by Crippen LogP contribution is 2.31. The monoisotopic (exact) mass is 402 g/mol. The first-order chi connectivity index (χ1) is 13.5. The van der Waals surface area contributed by atoms with Crippen molar-refractivity contribution in [3.05, 3.63) is 52.0 Å². The Labute approximate surface area is 171 Å². The molecule has 2 aromatic rings. The third-order valence-corrected chi connectivity index (χ3v) is 5.17. The van der Waals surface area contributed by atoms with Gasteiger partial charge >= 0.3 is 0 Å². The lowest BCUT2D eigenvalue weighted by Crippen LogP contribution is -2.30. The number of ether oxygens (including phenoxy) is 2. The standard InChI is InChI=1S/C22H27ClN2O3/c1-4-16-7-8-18(23)17(5-2)22(16)24-21(26)14-25(3)13-15-6-9-19-20(12-15)28-11-10-27-19/h6-9,12H,4-5,10-11,13-14H2,1-3H3,(H,24,26). The third-order valence-electron chi connectivity index (χ3n) is 4.81. The number of nitrogens with one attached hydrogen (secondary N) is 1. The smallest absolute Gasteiger partial charge is 0.238 e. The van der Waals surface area contributed by atoms with Crippen molar-refractivity contribution >= 4 is 23.2 Å². The fraction of sp³-hybridized carbons (Fsp3) is 0.409. The van der Waals surface area contributed by atoms with Crippen molar-refractivity contribution in [1.29, 1.82) is 0 Å². The maximum atomic E-state index is 12.7. The van der Waals surface area contributed by atoms with Gasteiger partial charge in [0.25, 0.3) is 0 Å². The van der Waals surface area contributed by atoms with Crippen molar-refractivity contribution in [2.75, 3.05) is 32.1 Å². The number of halogens is 1. The average Bonchev–Trinajstić information content (AvgIpc) is 2.68. The summed E-state index contributed by atoms with van der Waals surface area (Å²) in [6, 6.07) is 9.79. The van der Waals surface area contributed by atoms with E-state index < -0.39 is 0 Å². The molecule has 1 heterocycles. The van der Waals surface area contributed by atoms with Crippen LogP contribution in [0, 0.1) is 0 Å². The van der Waals surface area contributed by atoms with Crippen LogP contribution in [0.1, 0.15) is 30.5 Å². The molecule has 0 unspecified atom stereocenters. The molecule has 1 aliphatic heterocycles. The molecule has 0 aromatic heterocycles. The van der Waals surface area contributed by atoms with Crippen LogP contribution in [-0.2, 0) is 24.2 Å². The topological polar surface area (TPSA) is 50.8 Å². The van der Waals surface area contributed by atoms with Gasteiger partial charge in [-0.05, 0) is 54.8 Å². The van der Waals surface area contributed by atoms with E-state index in [1.54, 1.807) is 0 Å². The minimum atomic E-state index is -0.0493. The minimum Gasteiger partial charge on any atom is -0.486 e. The minimum absolute atomic E-state index is 0.0493. The van der Waals surface area contributed by atoms with Crippen LogP contribution in [0.2, 0.25) is 5.02 Å². The van der Waals surface area contributed by atoms with Crippen molar-refractivity contribution in [2.45, 2.75) is 33.2 Å². The van der Waals surface area contributed by atoms with Crippen LogP contribution in [0.4, 0.5) is 5.69 Å². The van der Waals surface area contributed by atoms with E-state index in [0.717, 1.165) is 46.7 Å². The summed E-state index contributed by atoms with van der Waals surface area (Å²) in [5, 5.41) is 3.77. The van der Waals surface area contributed by atoms with Gasteiger partial charge in [0, 0.05) is 17.3 Å². The predicted octanol–water partition coefficient (Wildman–Crippen LogP) is 4.31. The highest BCUT2D eigenvalue weighted by Gasteiger charge is 2.16. The first kappa shape index (κ1) is 20.5. The van der Waals surface area contributed by atoms with Gasteiger partial charge in [-0.1, -0.05) is 37.6 Å². The highest BCUT2D eigenvalue weighted by molar-refractivity contribution is 6.32. The molecular formula is C22H27ClN2O3. The van der Waals surface area contributed by atoms with Crippen molar-refractivity contribution in [3.63, 3.8) is 0 Å². The maximum absolute atomic E-state index is 12.7. The van der Waals surface area contributed by atoms with Crippen LogP contribution in [0.3, 0.4) is 0 Å². The number of benzene rings is 2. The number of carbonyl (C=O) groups excluding carboxylic acids is 1. The molecule has 0 saturated heterocycles. The van der Waals surface area contributed by atoms with Crippen LogP contribution < -0.4 is 14.8 Å². The SMILES string of the molecule is CCc1ccc(Cl)c(CC)c1NC(=O)CN(C)Cc1ccc2c(c1)OCCO2. The van der Waals surface area contributed by atoms with Gasteiger partial charge in [0.1, 0.15) is 13.2 Å². The van der Waals surface area contributed by atoms with Gasteiger partial charge in [0.2, 0.25) is 5.91 Å². The van der Waals surface area contributed by atoms with Crippen LogP contribution in [0.5, 0.6) is 11.5 Å². The molecule has 0 aliphatic carbocycles. The summed E-state index contributed by atoms with van der Waals surface area (Å²) in [6.07, 6.45) is 1.61. The molecule has 150 valence electrons. The summed E-state index contributed by atoms with van der Waals surface area (Å²) >= 11 is 6.33.